The molecule has 0 spiro atoms. The van der Waals surface area contributed by atoms with Crippen molar-refractivity contribution < 1.29 is 19.4 Å². The molecule has 0 fully saturated rings. The molecule has 2 aromatic carbocycles. The molecule has 0 bridgehead atoms. The average Bonchev–Trinajstić information content (AvgIpc) is 2.94. The predicted octanol–water partition coefficient (Wildman–Crippen LogP) is 2.83. The van der Waals surface area contributed by atoms with E-state index < -0.39 is 18.1 Å². The zero-order valence-corrected chi connectivity index (χ0v) is 14.7. The highest BCUT2D eigenvalue weighted by Gasteiger charge is 2.29. The molecule has 0 saturated carbocycles. The van der Waals surface area contributed by atoms with Gasteiger partial charge in [0.25, 0.3) is 0 Å². The number of amides is 1. The topological polar surface area (TPSA) is 78.5 Å². The summed E-state index contributed by atoms with van der Waals surface area (Å²) in [6, 6.07) is 15.7. The summed E-state index contributed by atoms with van der Waals surface area (Å²) in [6.07, 6.45) is 0.532. The molecule has 1 aliphatic carbocycles. The van der Waals surface area contributed by atoms with E-state index in [1.165, 1.54) is 0 Å². The second kappa shape index (κ2) is 8.04. The summed E-state index contributed by atoms with van der Waals surface area (Å²) in [4.78, 5) is 22.9. The van der Waals surface area contributed by atoms with Crippen LogP contribution in [-0.4, -0.2) is 24.7 Å². The summed E-state index contributed by atoms with van der Waals surface area (Å²) in [5, 5.41) is 13.4. The lowest BCUT2D eigenvalue weighted by atomic mass is 9.98. The summed E-state index contributed by atoms with van der Waals surface area (Å²) < 4.78 is 5.43. The minimum Gasteiger partial charge on any atom is -0.550 e. The van der Waals surface area contributed by atoms with E-state index in [9.17, 15) is 14.7 Å². The fraction of sp³-hybridized carbons (Fsp3) is 0.333. The number of carboxylic acid groups (broad SMARTS) is 1. The Hall–Kier alpha value is -2.82. The largest absolute Gasteiger partial charge is 0.550 e. The van der Waals surface area contributed by atoms with E-state index in [1.54, 1.807) is 0 Å². The number of carboxylic acids is 1. The molecular formula is C21H22NO4-. The fourth-order valence-electron chi connectivity index (χ4n) is 3.58. The van der Waals surface area contributed by atoms with Gasteiger partial charge in [0, 0.05) is 24.3 Å². The molecule has 136 valence electrons. The number of ether oxygens (including phenoxy) is 1. The first-order chi connectivity index (χ1) is 12.6. The van der Waals surface area contributed by atoms with Crippen molar-refractivity contribution in [3.63, 3.8) is 0 Å². The Labute approximate surface area is 153 Å². The van der Waals surface area contributed by atoms with Crippen molar-refractivity contribution in [2.75, 3.05) is 6.61 Å². The van der Waals surface area contributed by atoms with Crippen LogP contribution in [0, 0.1) is 0 Å². The highest BCUT2D eigenvalue weighted by molar-refractivity contribution is 5.79. The van der Waals surface area contributed by atoms with E-state index in [4.69, 9.17) is 4.74 Å². The van der Waals surface area contributed by atoms with Gasteiger partial charge in [-0.3, -0.25) is 0 Å². The summed E-state index contributed by atoms with van der Waals surface area (Å²) in [5.41, 5.74) is 4.61. The van der Waals surface area contributed by atoms with Crippen molar-refractivity contribution in [1.29, 1.82) is 0 Å². The van der Waals surface area contributed by atoms with Gasteiger partial charge < -0.3 is 20.0 Å². The van der Waals surface area contributed by atoms with Gasteiger partial charge in [0.1, 0.15) is 6.61 Å². The Balaban J connectivity index is 1.68. The molecule has 2 aromatic rings. The van der Waals surface area contributed by atoms with Crippen molar-refractivity contribution in [2.45, 2.75) is 38.1 Å². The molecule has 1 atom stereocenters. The number of carbonyl (C=O) groups is 2. The van der Waals surface area contributed by atoms with E-state index >= 15 is 0 Å². The molecule has 5 nitrogen and oxygen atoms in total. The molecule has 0 heterocycles. The number of rotatable bonds is 7. The molecule has 0 saturated heterocycles. The molecule has 1 aliphatic rings. The molecular weight excluding hydrogens is 330 g/mol. The van der Waals surface area contributed by atoms with Crippen molar-refractivity contribution >= 4 is 12.1 Å². The molecule has 26 heavy (non-hydrogen) atoms. The lowest BCUT2D eigenvalue weighted by molar-refractivity contribution is -0.306. The van der Waals surface area contributed by atoms with Gasteiger partial charge >= 0.3 is 6.09 Å². The van der Waals surface area contributed by atoms with Crippen LogP contribution in [0.25, 0.3) is 11.1 Å². The summed E-state index contributed by atoms with van der Waals surface area (Å²) in [7, 11) is 0. The maximum Gasteiger partial charge on any atom is 0.407 e. The number of hydrogen-bond acceptors (Lipinski definition) is 4. The van der Waals surface area contributed by atoms with E-state index in [0.29, 0.717) is 6.42 Å². The summed E-state index contributed by atoms with van der Waals surface area (Å²) >= 11 is 0. The van der Waals surface area contributed by atoms with Gasteiger partial charge in [-0.1, -0.05) is 61.9 Å². The van der Waals surface area contributed by atoms with E-state index in [2.05, 4.69) is 29.6 Å². The molecule has 0 aromatic heterocycles. The number of benzene rings is 2. The van der Waals surface area contributed by atoms with Crippen LogP contribution in [-0.2, 0) is 9.53 Å². The number of hydrogen-bond donors (Lipinski definition) is 1. The molecule has 0 unspecified atom stereocenters. The first kappa shape index (κ1) is 18.0. The maximum atomic E-state index is 12.1. The van der Waals surface area contributed by atoms with E-state index in [0.717, 1.165) is 28.7 Å². The van der Waals surface area contributed by atoms with Crippen LogP contribution in [0.4, 0.5) is 4.79 Å². The van der Waals surface area contributed by atoms with Crippen molar-refractivity contribution in [3.05, 3.63) is 59.7 Å². The van der Waals surface area contributed by atoms with Gasteiger partial charge in [-0.05, 0) is 28.7 Å². The highest BCUT2D eigenvalue weighted by atomic mass is 16.5. The summed E-state index contributed by atoms with van der Waals surface area (Å²) in [5.74, 6) is -1.19. The molecule has 0 aliphatic heterocycles. The first-order valence-electron chi connectivity index (χ1n) is 8.91. The lowest BCUT2D eigenvalue weighted by Crippen LogP contribution is -2.40. The second-order valence-corrected chi connectivity index (χ2v) is 6.53. The van der Waals surface area contributed by atoms with Crippen LogP contribution in [0.1, 0.15) is 43.2 Å². The van der Waals surface area contributed by atoms with Crippen LogP contribution < -0.4 is 10.4 Å². The number of nitrogens with one attached hydrogen (secondary N) is 1. The van der Waals surface area contributed by atoms with E-state index in [1.807, 2.05) is 31.2 Å². The highest BCUT2D eigenvalue weighted by Crippen LogP contribution is 2.44. The molecule has 1 amide bonds. The van der Waals surface area contributed by atoms with Crippen LogP contribution in [0.15, 0.2) is 48.5 Å². The van der Waals surface area contributed by atoms with Gasteiger partial charge in [0.05, 0.1) is 0 Å². The van der Waals surface area contributed by atoms with Gasteiger partial charge in [0.2, 0.25) is 0 Å². The number of alkyl carbamates (subject to hydrolysis) is 1. The van der Waals surface area contributed by atoms with Crippen LogP contribution in [0.2, 0.25) is 0 Å². The first-order valence-corrected chi connectivity index (χ1v) is 8.91. The second-order valence-electron chi connectivity index (χ2n) is 6.53. The third kappa shape index (κ3) is 3.87. The smallest absolute Gasteiger partial charge is 0.407 e. The Kier molecular flexibility index (Phi) is 5.56. The SMILES string of the molecule is CCC[C@@H](CC(=O)[O-])NC(=O)OCC1c2ccccc2-c2ccccc21. The van der Waals surface area contributed by atoms with Crippen molar-refractivity contribution in [3.8, 4) is 11.1 Å². The number of carbonyl (C=O) groups excluding carboxylic acids is 2. The lowest BCUT2D eigenvalue weighted by Gasteiger charge is -2.20. The Morgan fingerprint density at radius 1 is 1.08 bits per heavy atom. The van der Waals surface area contributed by atoms with Crippen molar-refractivity contribution in [1.82, 2.24) is 5.32 Å². The monoisotopic (exact) mass is 352 g/mol. The number of aliphatic carboxylic acids is 1. The maximum absolute atomic E-state index is 12.1. The quantitative estimate of drug-likeness (QED) is 0.831. The van der Waals surface area contributed by atoms with Gasteiger partial charge in [-0.2, -0.15) is 0 Å². The minimum absolute atomic E-state index is 0.0149. The number of fused-ring (bicyclic) bond motifs is 3. The normalized spacial score (nSPS) is 13.6. The summed E-state index contributed by atoms with van der Waals surface area (Å²) in [6.45, 7) is 2.14. The van der Waals surface area contributed by atoms with Crippen LogP contribution in [0.5, 0.6) is 0 Å². The molecule has 5 heteroatoms. The zero-order valence-electron chi connectivity index (χ0n) is 14.7. The standard InChI is InChI=1S/C21H23NO4/c1-2-7-14(12-20(23)24)22-21(25)26-13-19-17-10-5-3-8-15(17)16-9-4-6-11-18(16)19/h3-6,8-11,14,19H,2,7,12-13H2,1H3,(H,22,25)(H,23,24)/p-1/t14-/m0/s1. The third-order valence-corrected chi connectivity index (χ3v) is 4.72. The van der Waals surface area contributed by atoms with Crippen LogP contribution in [0.3, 0.4) is 0 Å². The molecule has 3 rings (SSSR count). The third-order valence-electron chi connectivity index (χ3n) is 4.72. The average molecular weight is 352 g/mol. The Morgan fingerprint density at radius 3 is 2.19 bits per heavy atom. The minimum atomic E-state index is -1.18. The molecule has 1 N–H and O–H groups in total. The van der Waals surface area contributed by atoms with Crippen molar-refractivity contribution in [2.24, 2.45) is 0 Å². The zero-order chi connectivity index (χ0) is 18.5. The predicted molar refractivity (Wildman–Crippen MR) is 96.5 cm³/mol. The van der Waals surface area contributed by atoms with Gasteiger partial charge in [-0.15, -0.1) is 0 Å². The Morgan fingerprint density at radius 2 is 1.65 bits per heavy atom. The van der Waals surface area contributed by atoms with Gasteiger partial charge in [0.15, 0.2) is 0 Å². The van der Waals surface area contributed by atoms with Gasteiger partial charge in [-0.25, -0.2) is 4.79 Å². The van der Waals surface area contributed by atoms with Crippen LogP contribution >= 0.6 is 0 Å². The fourth-order valence-corrected chi connectivity index (χ4v) is 3.58. The Bertz CT molecular complexity index is 757. The van der Waals surface area contributed by atoms with E-state index in [-0.39, 0.29) is 18.9 Å². The molecule has 0 radical (unpaired) electrons.